The molecule has 19 heavy (non-hydrogen) atoms. The number of halogens is 1. The first-order valence-corrected chi connectivity index (χ1v) is 6.77. The molecule has 0 bridgehead atoms. The highest BCUT2D eigenvalue weighted by Crippen LogP contribution is 2.27. The molecule has 4 nitrogen and oxygen atoms in total. The van der Waals surface area contributed by atoms with Crippen LogP contribution in [0.1, 0.15) is 38.1 Å². The molecule has 0 unspecified atom stereocenters. The largest absolute Gasteiger partial charge is 0.334 e. The number of hydrogen-bond acceptors (Lipinski definition) is 4. The molecule has 0 saturated heterocycles. The molecule has 5 heteroatoms. The zero-order chi connectivity index (χ0) is 14.0. The second-order valence-corrected chi connectivity index (χ2v) is 5.16. The number of nitrogens with two attached hydrogens (primary N) is 1. The zero-order valence-electron chi connectivity index (χ0n) is 11.4. The van der Waals surface area contributed by atoms with Gasteiger partial charge >= 0.3 is 0 Å². The lowest BCUT2D eigenvalue weighted by atomic mass is 9.93. The van der Waals surface area contributed by atoms with Crippen molar-refractivity contribution in [2.45, 2.75) is 39.2 Å². The Labute approximate surface area is 118 Å². The van der Waals surface area contributed by atoms with Crippen molar-refractivity contribution in [3.63, 3.8) is 0 Å². The van der Waals surface area contributed by atoms with Gasteiger partial charge in [0, 0.05) is 10.6 Å². The third-order valence-electron chi connectivity index (χ3n) is 3.54. The molecule has 2 rings (SSSR count). The number of hydrogen-bond donors (Lipinski definition) is 1. The summed E-state index contributed by atoms with van der Waals surface area (Å²) in [5.74, 6) is 1.03. The van der Waals surface area contributed by atoms with Crippen molar-refractivity contribution >= 4 is 11.6 Å². The number of aryl methyl sites for hydroxylation is 1. The Morgan fingerprint density at radius 1 is 1.32 bits per heavy atom. The van der Waals surface area contributed by atoms with Crippen molar-refractivity contribution in [3.8, 4) is 11.5 Å². The fourth-order valence-corrected chi connectivity index (χ4v) is 2.00. The molecule has 0 radical (unpaired) electrons. The molecule has 0 fully saturated rings. The van der Waals surface area contributed by atoms with Crippen LogP contribution in [0.25, 0.3) is 11.5 Å². The summed E-state index contributed by atoms with van der Waals surface area (Å²) in [5, 5.41) is 4.74. The van der Waals surface area contributed by atoms with Gasteiger partial charge in [0.05, 0.1) is 5.54 Å². The summed E-state index contributed by atoms with van der Waals surface area (Å²) in [4.78, 5) is 4.42. The van der Waals surface area contributed by atoms with E-state index in [1.165, 1.54) is 0 Å². The summed E-state index contributed by atoms with van der Waals surface area (Å²) in [6, 6.07) is 5.61. The summed E-state index contributed by atoms with van der Waals surface area (Å²) < 4.78 is 5.31. The van der Waals surface area contributed by atoms with E-state index in [0.29, 0.717) is 11.7 Å². The van der Waals surface area contributed by atoms with E-state index in [1.54, 1.807) is 0 Å². The fraction of sp³-hybridized carbons (Fsp3) is 0.429. The summed E-state index contributed by atoms with van der Waals surface area (Å²) in [6.45, 7) is 5.98. The van der Waals surface area contributed by atoms with E-state index in [9.17, 15) is 0 Å². The summed E-state index contributed by atoms with van der Waals surface area (Å²) in [6.07, 6.45) is 1.53. The van der Waals surface area contributed by atoms with Crippen LogP contribution in [0.5, 0.6) is 0 Å². The van der Waals surface area contributed by atoms with Gasteiger partial charge in [0.2, 0.25) is 0 Å². The Hall–Kier alpha value is -1.39. The number of nitrogens with zero attached hydrogens (tertiary/aromatic N) is 2. The van der Waals surface area contributed by atoms with E-state index in [0.717, 1.165) is 29.0 Å². The van der Waals surface area contributed by atoms with E-state index >= 15 is 0 Å². The average Bonchev–Trinajstić information content (AvgIpc) is 2.91. The van der Waals surface area contributed by atoms with Crippen LogP contribution < -0.4 is 5.73 Å². The minimum Gasteiger partial charge on any atom is -0.334 e. The molecular formula is C14H18ClN3O. The van der Waals surface area contributed by atoms with E-state index in [4.69, 9.17) is 21.9 Å². The topological polar surface area (TPSA) is 64.9 Å². The maximum absolute atomic E-state index is 6.26. The van der Waals surface area contributed by atoms with Gasteiger partial charge in [0.15, 0.2) is 5.82 Å². The lowest BCUT2D eigenvalue weighted by Crippen LogP contribution is -2.36. The van der Waals surface area contributed by atoms with Crippen molar-refractivity contribution in [3.05, 3.63) is 34.6 Å². The van der Waals surface area contributed by atoms with Gasteiger partial charge in [-0.3, -0.25) is 0 Å². The highest BCUT2D eigenvalue weighted by molar-refractivity contribution is 6.31. The maximum Gasteiger partial charge on any atom is 0.258 e. The summed E-state index contributed by atoms with van der Waals surface area (Å²) in [5.41, 5.74) is 7.57. The van der Waals surface area contributed by atoms with E-state index in [1.807, 2.05) is 39.0 Å². The standard InChI is InChI=1S/C14H18ClN3O/c1-4-14(16,5-2)13-17-12(19-18-13)10-6-7-11(15)9(3)8-10/h6-8H,4-5,16H2,1-3H3. The molecule has 0 aliphatic heterocycles. The SMILES string of the molecule is CCC(N)(CC)c1noc(-c2ccc(Cl)c(C)c2)n1. The summed E-state index contributed by atoms with van der Waals surface area (Å²) in [7, 11) is 0. The third kappa shape index (κ3) is 2.65. The molecule has 0 spiro atoms. The highest BCUT2D eigenvalue weighted by Gasteiger charge is 2.29. The molecule has 0 aliphatic carbocycles. The van der Waals surface area contributed by atoms with Crippen LogP contribution in [0.15, 0.2) is 22.7 Å². The van der Waals surface area contributed by atoms with Gasteiger partial charge < -0.3 is 10.3 Å². The Kier molecular flexibility index (Phi) is 3.92. The van der Waals surface area contributed by atoms with Crippen LogP contribution in [-0.4, -0.2) is 10.1 Å². The first-order valence-electron chi connectivity index (χ1n) is 6.39. The van der Waals surface area contributed by atoms with Crippen molar-refractivity contribution < 1.29 is 4.52 Å². The molecule has 2 aromatic rings. The molecule has 1 heterocycles. The number of benzene rings is 1. The Balaban J connectivity index is 2.38. The van der Waals surface area contributed by atoms with Gasteiger partial charge in [0.1, 0.15) is 0 Å². The first-order chi connectivity index (χ1) is 9.00. The van der Waals surface area contributed by atoms with E-state index in [2.05, 4.69) is 10.1 Å². The molecular weight excluding hydrogens is 262 g/mol. The highest BCUT2D eigenvalue weighted by atomic mass is 35.5. The molecule has 1 aromatic heterocycles. The van der Waals surface area contributed by atoms with E-state index in [-0.39, 0.29) is 0 Å². The van der Waals surface area contributed by atoms with Crippen LogP contribution in [0.3, 0.4) is 0 Å². The van der Waals surface area contributed by atoms with Crippen molar-refractivity contribution in [2.75, 3.05) is 0 Å². The molecule has 1 aromatic carbocycles. The van der Waals surface area contributed by atoms with Crippen molar-refractivity contribution in [2.24, 2.45) is 5.73 Å². The second-order valence-electron chi connectivity index (χ2n) is 4.75. The van der Waals surface area contributed by atoms with Gasteiger partial charge in [-0.2, -0.15) is 4.98 Å². The van der Waals surface area contributed by atoms with Gasteiger partial charge in [-0.25, -0.2) is 0 Å². The molecule has 0 aliphatic rings. The minimum absolute atomic E-state index is 0.478. The monoisotopic (exact) mass is 279 g/mol. The van der Waals surface area contributed by atoms with Crippen LogP contribution in [0.2, 0.25) is 5.02 Å². The maximum atomic E-state index is 6.26. The first kappa shape index (κ1) is 14.0. The van der Waals surface area contributed by atoms with Gasteiger partial charge in [0.25, 0.3) is 5.89 Å². The Morgan fingerprint density at radius 3 is 2.58 bits per heavy atom. The predicted octanol–water partition coefficient (Wildman–Crippen LogP) is 3.67. The number of aromatic nitrogens is 2. The van der Waals surface area contributed by atoms with Gasteiger partial charge in [-0.05, 0) is 43.5 Å². The van der Waals surface area contributed by atoms with E-state index < -0.39 is 5.54 Å². The van der Waals surface area contributed by atoms with Crippen LogP contribution in [0, 0.1) is 6.92 Å². The lowest BCUT2D eigenvalue weighted by molar-refractivity contribution is 0.350. The summed E-state index contributed by atoms with van der Waals surface area (Å²) >= 11 is 6.00. The second kappa shape index (κ2) is 5.31. The van der Waals surface area contributed by atoms with Crippen LogP contribution >= 0.6 is 11.6 Å². The van der Waals surface area contributed by atoms with Gasteiger partial charge in [-0.1, -0.05) is 30.6 Å². The molecule has 0 atom stereocenters. The normalized spacial score (nSPS) is 11.8. The molecule has 0 amide bonds. The zero-order valence-corrected chi connectivity index (χ0v) is 12.2. The van der Waals surface area contributed by atoms with Crippen molar-refractivity contribution in [1.82, 2.24) is 10.1 Å². The molecule has 102 valence electrons. The quantitative estimate of drug-likeness (QED) is 0.927. The Morgan fingerprint density at radius 2 is 2.00 bits per heavy atom. The van der Waals surface area contributed by atoms with Crippen molar-refractivity contribution in [1.29, 1.82) is 0 Å². The minimum atomic E-state index is -0.525. The molecule has 0 saturated carbocycles. The Bertz CT molecular complexity index is 576. The fourth-order valence-electron chi connectivity index (χ4n) is 1.89. The number of rotatable bonds is 4. The predicted molar refractivity (Wildman–Crippen MR) is 75.9 cm³/mol. The van der Waals surface area contributed by atoms with Gasteiger partial charge in [-0.15, -0.1) is 0 Å². The van der Waals surface area contributed by atoms with Crippen LogP contribution in [-0.2, 0) is 5.54 Å². The average molecular weight is 280 g/mol. The van der Waals surface area contributed by atoms with Crippen LogP contribution in [0.4, 0.5) is 0 Å². The smallest absolute Gasteiger partial charge is 0.258 e. The third-order valence-corrected chi connectivity index (χ3v) is 3.96. The molecule has 2 N–H and O–H groups in total. The lowest BCUT2D eigenvalue weighted by Gasteiger charge is -2.21.